The third kappa shape index (κ3) is 7.84. The van der Waals surface area contributed by atoms with Gasteiger partial charge in [-0.25, -0.2) is 0 Å². The van der Waals surface area contributed by atoms with Crippen molar-refractivity contribution in [3.8, 4) is 0 Å². The second-order valence-corrected chi connectivity index (χ2v) is 2.82. The number of alkyl halides is 1. The topological polar surface area (TPSA) is 37.3 Å². The van der Waals surface area contributed by atoms with Crippen molar-refractivity contribution in [2.24, 2.45) is 0 Å². The van der Waals surface area contributed by atoms with Crippen LogP contribution in [0.1, 0.15) is 6.92 Å². The zero-order chi connectivity index (χ0) is 5.15. The predicted octanol–water partition coefficient (Wildman–Crippen LogP) is 0.246. The Balaban J connectivity index is 0. The van der Waals surface area contributed by atoms with Crippen LogP contribution in [0, 0.1) is 0 Å². The van der Waals surface area contributed by atoms with E-state index in [1.54, 1.807) is 6.92 Å². The van der Waals surface area contributed by atoms with Crippen molar-refractivity contribution in [1.82, 2.24) is 0 Å². The van der Waals surface area contributed by atoms with Crippen LogP contribution >= 0.6 is 22.6 Å². The minimum atomic E-state index is -0.754. The first kappa shape index (κ1) is 11.6. The molecule has 0 fully saturated rings. The Kier molecular flexibility index (Phi) is 9.89. The van der Waals surface area contributed by atoms with Gasteiger partial charge in [0.15, 0.2) is 0 Å². The van der Waals surface area contributed by atoms with Gasteiger partial charge in [0, 0.05) is 0 Å². The normalized spacial score (nSPS) is 11.7. The van der Waals surface area contributed by atoms with Gasteiger partial charge in [0.2, 0.25) is 0 Å². The number of rotatable bonds is 1. The van der Waals surface area contributed by atoms with Gasteiger partial charge in [0.25, 0.3) is 0 Å². The fourth-order valence-corrected chi connectivity index (χ4v) is 0. The molecular formula is C3H6IKO2. The van der Waals surface area contributed by atoms with Gasteiger partial charge in [-0.05, 0) is 6.92 Å². The fourth-order valence-electron chi connectivity index (χ4n) is 0. The van der Waals surface area contributed by atoms with E-state index in [4.69, 9.17) is 5.11 Å². The number of hydrogen-bond acceptors (Lipinski definition) is 1. The zero-order valence-corrected chi connectivity index (χ0v) is 5.47. The van der Waals surface area contributed by atoms with Gasteiger partial charge in [-0.1, -0.05) is 22.6 Å². The molecule has 2 nitrogen and oxygen atoms in total. The van der Waals surface area contributed by atoms with E-state index < -0.39 is 5.97 Å². The van der Waals surface area contributed by atoms with Crippen LogP contribution in [0.2, 0.25) is 0 Å². The van der Waals surface area contributed by atoms with E-state index >= 15 is 0 Å². The average molecular weight is 240 g/mol. The molecule has 0 aromatic heterocycles. The summed E-state index contributed by atoms with van der Waals surface area (Å²) < 4.78 is -0.261. The number of carboxylic acid groups (broad SMARTS) is 1. The fraction of sp³-hybridized carbons (Fsp3) is 0.667. The van der Waals surface area contributed by atoms with Crippen LogP contribution in [0.5, 0.6) is 0 Å². The third-order valence-electron chi connectivity index (χ3n) is 0.340. The number of carboxylic acids is 1. The summed E-state index contributed by atoms with van der Waals surface area (Å²) in [5.74, 6) is -0.754. The Bertz CT molecular complexity index is 64.0. The quantitative estimate of drug-likeness (QED) is 0.405. The maximum atomic E-state index is 9.69. The molecule has 1 unspecified atom stereocenters. The molecule has 1 N–H and O–H groups in total. The summed E-state index contributed by atoms with van der Waals surface area (Å²) in [5, 5.41) is 7.98. The molecule has 0 bridgehead atoms. The van der Waals surface area contributed by atoms with E-state index in [9.17, 15) is 4.79 Å². The summed E-state index contributed by atoms with van der Waals surface area (Å²) in [6, 6.07) is 0. The monoisotopic (exact) mass is 240 g/mol. The number of halogens is 1. The molecule has 0 radical (unpaired) electrons. The van der Waals surface area contributed by atoms with Crippen molar-refractivity contribution >= 4 is 79.9 Å². The molecule has 0 aliphatic rings. The average Bonchev–Trinajstić information content (AvgIpc) is 1.36. The first-order chi connectivity index (χ1) is 2.64. The van der Waals surface area contributed by atoms with E-state index in [0.717, 1.165) is 0 Å². The summed E-state index contributed by atoms with van der Waals surface area (Å²) in [6.45, 7) is 1.63. The molecule has 0 amide bonds. The molecule has 38 valence electrons. The summed E-state index contributed by atoms with van der Waals surface area (Å²) in [7, 11) is 0. The number of aliphatic carboxylic acids is 1. The van der Waals surface area contributed by atoms with Gasteiger partial charge < -0.3 is 5.11 Å². The number of hydrogen-bond donors (Lipinski definition) is 1. The van der Waals surface area contributed by atoms with Gasteiger partial charge in [-0.15, -0.1) is 0 Å². The van der Waals surface area contributed by atoms with Crippen molar-refractivity contribution in [3.05, 3.63) is 0 Å². The third-order valence-corrected chi connectivity index (χ3v) is 0.873. The SMILES string of the molecule is CC(I)C(=O)O.[KH]. The Morgan fingerprint density at radius 2 is 2.00 bits per heavy atom. The summed E-state index contributed by atoms with van der Waals surface area (Å²) >= 11 is 1.83. The van der Waals surface area contributed by atoms with E-state index in [1.807, 2.05) is 22.6 Å². The summed E-state index contributed by atoms with van der Waals surface area (Å²) in [6.07, 6.45) is 0. The molecule has 0 aliphatic carbocycles. The van der Waals surface area contributed by atoms with Crippen molar-refractivity contribution in [1.29, 1.82) is 0 Å². The molecule has 0 heterocycles. The maximum absolute atomic E-state index is 9.69. The molecule has 0 saturated carbocycles. The molecule has 0 aliphatic heterocycles. The van der Waals surface area contributed by atoms with Crippen LogP contribution in [0.4, 0.5) is 0 Å². The Morgan fingerprint density at radius 3 is 2.00 bits per heavy atom. The van der Waals surface area contributed by atoms with Crippen molar-refractivity contribution in [2.45, 2.75) is 10.8 Å². The Morgan fingerprint density at radius 1 is 1.86 bits per heavy atom. The molecule has 7 heavy (non-hydrogen) atoms. The Labute approximate surface area is 98.6 Å². The molecule has 0 rings (SSSR count). The molecule has 0 aromatic rings. The van der Waals surface area contributed by atoms with Crippen molar-refractivity contribution in [3.63, 3.8) is 0 Å². The Hall–Kier alpha value is 1.84. The minimum absolute atomic E-state index is 0. The van der Waals surface area contributed by atoms with Crippen LogP contribution in [0.15, 0.2) is 0 Å². The van der Waals surface area contributed by atoms with Crippen molar-refractivity contribution in [2.75, 3.05) is 0 Å². The first-order valence-electron chi connectivity index (χ1n) is 1.51. The molecule has 0 aromatic carbocycles. The summed E-state index contributed by atoms with van der Waals surface area (Å²) in [5.41, 5.74) is 0. The predicted molar refractivity (Wildman–Crippen MR) is 38.3 cm³/mol. The van der Waals surface area contributed by atoms with E-state index in [1.165, 1.54) is 0 Å². The van der Waals surface area contributed by atoms with Crippen LogP contribution in [0.25, 0.3) is 0 Å². The second kappa shape index (κ2) is 5.96. The van der Waals surface area contributed by atoms with Crippen molar-refractivity contribution < 1.29 is 9.90 Å². The van der Waals surface area contributed by atoms with Crippen LogP contribution in [-0.4, -0.2) is 66.4 Å². The van der Waals surface area contributed by atoms with Gasteiger partial charge >= 0.3 is 57.4 Å². The molecule has 0 saturated heterocycles. The van der Waals surface area contributed by atoms with E-state index in [2.05, 4.69) is 0 Å². The van der Waals surface area contributed by atoms with Gasteiger partial charge in [-0.2, -0.15) is 0 Å². The molecule has 1 atom stereocenters. The number of carbonyl (C=O) groups is 1. The van der Waals surface area contributed by atoms with Crippen LogP contribution < -0.4 is 0 Å². The van der Waals surface area contributed by atoms with Gasteiger partial charge in [0.1, 0.15) is 3.92 Å². The van der Waals surface area contributed by atoms with Crippen LogP contribution in [-0.2, 0) is 4.79 Å². The van der Waals surface area contributed by atoms with E-state index in [-0.39, 0.29) is 55.3 Å². The van der Waals surface area contributed by atoms with Gasteiger partial charge in [0.05, 0.1) is 0 Å². The van der Waals surface area contributed by atoms with Gasteiger partial charge in [-0.3, -0.25) is 4.79 Å². The first-order valence-corrected chi connectivity index (χ1v) is 2.76. The molecular weight excluding hydrogens is 234 g/mol. The second-order valence-electron chi connectivity index (χ2n) is 0.954. The van der Waals surface area contributed by atoms with E-state index in [0.29, 0.717) is 0 Å². The molecule has 0 spiro atoms. The van der Waals surface area contributed by atoms with Crippen LogP contribution in [0.3, 0.4) is 0 Å². The standard InChI is InChI=1S/C3H5IO2.K.H/c1-2(4)3(5)6;;/h2H,1H3,(H,5,6);;. The summed E-state index contributed by atoms with van der Waals surface area (Å²) in [4.78, 5) is 9.69. The zero-order valence-electron chi connectivity index (χ0n) is 3.31. The molecule has 4 heteroatoms.